The van der Waals surface area contributed by atoms with Crippen molar-refractivity contribution in [3.05, 3.63) is 74.3 Å². The van der Waals surface area contributed by atoms with Gasteiger partial charge < -0.3 is 36.7 Å². The van der Waals surface area contributed by atoms with E-state index in [1.165, 1.54) is 75.5 Å². The maximum atomic E-state index is 11.2. The van der Waals surface area contributed by atoms with Gasteiger partial charge in [0.05, 0.1) is 17.9 Å². The lowest BCUT2D eigenvalue weighted by Gasteiger charge is -2.41. The number of nitrogens with two attached hydrogens (primary N) is 1. The van der Waals surface area contributed by atoms with Crippen molar-refractivity contribution in [3.8, 4) is 12.3 Å². The molecule has 2 aliphatic carbocycles. The molecule has 5 unspecified atom stereocenters. The van der Waals surface area contributed by atoms with Crippen molar-refractivity contribution in [2.75, 3.05) is 33.7 Å². The van der Waals surface area contributed by atoms with Crippen LogP contribution in [0.3, 0.4) is 0 Å². The predicted molar refractivity (Wildman–Crippen MR) is 258 cm³/mol. The number of likely N-dealkylation sites (N-methyl/N-ethyl adjacent to an activating group) is 1. The summed E-state index contributed by atoms with van der Waals surface area (Å²) in [5, 5.41) is 13.5. The Morgan fingerprint density at radius 3 is 1.88 bits per heavy atom. The largest absolute Gasteiger partial charge is 0.369 e. The van der Waals surface area contributed by atoms with Crippen LogP contribution < -0.4 is 27.0 Å². The maximum Gasteiger partial charge on any atom is 0.120 e. The molecule has 1 heterocycles. The highest BCUT2D eigenvalue weighted by atomic mass is 16.1. The van der Waals surface area contributed by atoms with Crippen LogP contribution in [0.4, 0.5) is 0 Å². The minimum absolute atomic E-state index is 0.136. The van der Waals surface area contributed by atoms with E-state index in [0.29, 0.717) is 48.1 Å². The first kappa shape index (κ1) is 57.0. The van der Waals surface area contributed by atoms with Gasteiger partial charge in [-0.25, -0.2) is 0 Å². The van der Waals surface area contributed by atoms with Gasteiger partial charge in [-0.15, -0.1) is 18.9 Å². The van der Waals surface area contributed by atoms with Crippen LogP contribution in [0, 0.1) is 41.9 Å². The summed E-state index contributed by atoms with van der Waals surface area (Å²) in [7, 11) is 3.82. The SMILES string of the molecule is C#CCCC(N)CC(=C)C=C.C=C(NC(CCC=O)C1CCCCC1)NC(C(=C)N1C[C@H](C(C)C)C(C)C1C(=C)C)C1CCCCC1.C=CCNC.CC.CCNC. The molecule has 3 aliphatic rings. The average Bonchev–Trinajstić information content (AvgIpc) is 3.60. The highest BCUT2D eigenvalue weighted by Crippen LogP contribution is 2.41. The third-order valence-electron chi connectivity index (χ3n) is 11.8. The molecule has 7 nitrogen and oxygen atoms in total. The number of carbonyl (C=O) groups is 1. The van der Waals surface area contributed by atoms with Crippen LogP contribution in [0.15, 0.2) is 74.3 Å². The Balaban J connectivity index is 0. The average molecular weight is 807 g/mol. The molecule has 0 aromatic carbocycles. The fraction of sp³-hybridized carbons (Fsp3) is 0.706. The van der Waals surface area contributed by atoms with Gasteiger partial charge in [-0.2, -0.15) is 0 Å². The van der Waals surface area contributed by atoms with Crippen LogP contribution in [0.5, 0.6) is 0 Å². The Hall–Kier alpha value is -3.05. The zero-order chi connectivity index (χ0) is 44.5. The second kappa shape index (κ2) is 35.9. The number of nitrogens with zero attached hydrogens (tertiary/aromatic N) is 1. The van der Waals surface area contributed by atoms with Crippen LogP contribution in [0.1, 0.15) is 145 Å². The molecule has 6 atom stereocenters. The van der Waals surface area contributed by atoms with Crippen molar-refractivity contribution < 1.29 is 4.79 Å². The molecule has 0 aromatic heterocycles. The Morgan fingerprint density at radius 1 is 0.914 bits per heavy atom. The standard InChI is InChI=1S/C32H55N3O.C10H15N.C4H9N.C3H9N.C2H6/c1-22(2)29-21-35(32(23(3)4)24(29)5)25(6)31(28-17-12-9-13-18-28)34-26(7)33-30(19-14-20-36)27-15-10-8-11-16-27;1-4-6-7-10(11)8-9(3)5-2;1-3-4-5-2;1-3-4-2;1-2/h20,22,24,27-34H,3,6-19,21H2,1-2,4-5H3;1,5,10H,2-3,6-8,11H2;3,5H,1,4H2,2H3;4H,3H2,1-2H3;1-2H3/t24?,29-,30?,31?,32?;;;;/m1..../s1. The van der Waals surface area contributed by atoms with Crippen molar-refractivity contribution >= 4 is 6.29 Å². The quantitative estimate of drug-likeness (QED) is 0.0341. The number of terminal acetylenes is 1. The van der Waals surface area contributed by atoms with Crippen molar-refractivity contribution in [1.29, 1.82) is 0 Å². The molecule has 3 fully saturated rings. The Bertz CT molecular complexity index is 1170. The molecule has 334 valence electrons. The lowest BCUT2D eigenvalue weighted by molar-refractivity contribution is -0.108. The van der Waals surface area contributed by atoms with Gasteiger partial charge in [0.25, 0.3) is 0 Å². The second-order valence-electron chi connectivity index (χ2n) is 16.7. The predicted octanol–water partition coefficient (Wildman–Crippen LogP) is 10.7. The molecule has 6 N–H and O–H groups in total. The Labute approximate surface area is 360 Å². The van der Waals surface area contributed by atoms with Gasteiger partial charge in [0.15, 0.2) is 0 Å². The highest BCUT2D eigenvalue weighted by molar-refractivity contribution is 5.49. The molecule has 0 spiro atoms. The van der Waals surface area contributed by atoms with Gasteiger partial charge in [-0.05, 0) is 102 Å². The second-order valence-corrected chi connectivity index (χ2v) is 16.7. The van der Waals surface area contributed by atoms with Gasteiger partial charge in [-0.3, -0.25) is 0 Å². The lowest BCUT2D eigenvalue weighted by atomic mass is 9.81. The molecule has 0 radical (unpaired) electrons. The highest BCUT2D eigenvalue weighted by Gasteiger charge is 2.43. The summed E-state index contributed by atoms with van der Waals surface area (Å²) in [4.78, 5) is 13.8. The molecular formula is C51H94N6O. The third kappa shape index (κ3) is 23.5. The number of nitrogens with one attached hydrogen (secondary N) is 4. The lowest BCUT2D eigenvalue weighted by Crippen LogP contribution is -2.49. The molecule has 0 amide bonds. The van der Waals surface area contributed by atoms with E-state index in [9.17, 15) is 4.79 Å². The molecule has 3 rings (SSSR count). The maximum absolute atomic E-state index is 11.2. The number of likely N-dealkylation sites (tertiary alicyclic amines) is 1. The van der Waals surface area contributed by atoms with Crippen LogP contribution >= 0.6 is 0 Å². The Morgan fingerprint density at radius 2 is 1.47 bits per heavy atom. The summed E-state index contributed by atoms with van der Waals surface area (Å²) in [5.74, 6) is 6.54. The molecule has 0 aromatic rings. The summed E-state index contributed by atoms with van der Waals surface area (Å²) in [6.07, 6.45) is 26.5. The summed E-state index contributed by atoms with van der Waals surface area (Å²) < 4.78 is 0. The fourth-order valence-corrected chi connectivity index (χ4v) is 8.57. The third-order valence-corrected chi connectivity index (χ3v) is 11.8. The first-order valence-corrected chi connectivity index (χ1v) is 22.9. The molecular weight excluding hydrogens is 713 g/mol. The van der Waals surface area contributed by atoms with Gasteiger partial charge in [-0.1, -0.05) is 136 Å². The van der Waals surface area contributed by atoms with E-state index in [1.54, 1.807) is 6.08 Å². The topological polar surface area (TPSA) is 94.4 Å². The first-order valence-electron chi connectivity index (χ1n) is 22.9. The number of hydrogen-bond acceptors (Lipinski definition) is 7. The van der Waals surface area contributed by atoms with Crippen molar-refractivity contribution in [2.24, 2.45) is 35.3 Å². The van der Waals surface area contributed by atoms with E-state index >= 15 is 0 Å². The van der Waals surface area contributed by atoms with E-state index in [-0.39, 0.29) is 12.1 Å². The van der Waals surface area contributed by atoms with Crippen LogP contribution in [-0.2, 0) is 4.79 Å². The number of carbonyl (C=O) groups excluding carboxylic acids is 1. The number of aldehydes is 1. The van der Waals surface area contributed by atoms with E-state index < -0.39 is 0 Å². The van der Waals surface area contributed by atoms with Gasteiger partial charge in [0, 0.05) is 43.7 Å². The smallest absolute Gasteiger partial charge is 0.120 e. The molecule has 1 aliphatic heterocycles. The summed E-state index contributed by atoms with van der Waals surface area (Å²) in [5.41, 5.74) is 9.18. The van der Waals surface area contributed by atoms with Gasteiger partial charge >= 0.3 is 0 Å². The van der Waals surface area contributed by atoms with Crippen LogP contribution in [-0.4, -0.2) is 69.1 Å². The van der Waals surface area contributed by atoms with E-state index in [0.717, 1.165) is 63.0 Å². The van der Waals surface area contributed by atoms with Crippen molar-refractivity contribution in [1.82, 2.24) is 26.2 Å². The number of hydrogen-bond donors (Lipinski definition) is 5. The van der Waals surface area contributed by atoms with Gasteiger partial charge in [0.1, 0.15) is 6.29 Å². The molecule has 7 heteroatoms. The zero-order valence-electron chi connectivity index (χ0n) is 39.4. The summed E-state index contributed by atoms with van der Waals surface area (Å²) in [6, 6.07) is 0.984. The normalized spacial score (nSPS) is 20.5. The minimum atomic E-state index is 0.136. The van der Waals surface area contributed by atoms with E-state index in [1.807, 2.05) is 34.0 Å². The monoisotopic (exact) mass is 807 g/mol. The first-order chi connectivity index (χ1) is 27.8. The Kier molecular flexibility index (Phi) is 35.3. The molecule has 58 heavy (non-hydrogen) atoms. The van der Waals surface area contributed by atoms with E-state index in [2.05, 4.69) is 99.6 Å². The van der Waals surface area contributed by atoms with Crippen LogP contribution in [0.2, 0.25) is 0 Å². The van der Waals surface area contributed by atoms with Gasteiger partial charge in [0.2, 0.25) is 0 Å². The van der Waals surface area contributed by atoms with Crippen molar-refractivity contribution in [3.63, 3.8) is 0 Å². The van der Waals surface area contributed by atoms with Crippen molar-refractivity contribution in [2.45, 2.75) is 169 Å². The molecule has 2 saturated carbocycles. The number of allylic oxidation sites excluding steroid dienone is 1. The van der Waals surface area contributed by atoms with E-state index in [4.69, 9.17) is 18.7 Å². The summed E-state index contributed by atoms with van der Waals surface area (Å²) >= 11 is 0. The molecule has 0 bridgehead atoms. The zero-order valence-corrected chi connectivity index (χ0v) is 39.4. The number of rotatable bonds is 21. The fourth-order valence-electron chi connectivity index (χ4n) is 8.57. The minimum Gasteiger partial charge on any atom is -0.369 e. The molecule has 1 saturated heterocycles. The van der Waals surface area contributed by atoms with Crippen LogP contribution in [0.25, 0.3) is 0 Å². The summed E-state index contributed by atoms with van der Waals surface area (Å²) in [6.45, 7) is 42.9.